The predicted octanol–water partition coefficient (Wildman–Crippen LogP) is 2.04. The number of hydrogen-bond donors (Lipinski definition) is 1. The Balaban J connectivity index is 0.00000128. The highest BCUT2D eigenvalue weighted by Gasteiger charge is 2.23. The zero-order chi connectivity index (χ0) is 10.8. The van der Waals surface area contributed by atoms with E-state index in [1.54, 1.807) is 11.3 Å². The van der Waals surface area contributed by atoms with E-state index >= 15 is 0 Å². The molecule has 2 heterocycles. The van der Waals surface area contributed by atoms with Crippen LogP contribution in [0.25, 0.3) is 0 Å². The third kappa shape index (κ3) is 3.42. The first-order valence-corrected chi connectivity index (χ1v) is 6.42. The van der Waals surface area contributed by atoms with Crippen molar-refractivity contribution in [3.63, 3.8) is 0 Å². The molecule has 0 amide bonds. The maximum atomic E-state index is 6.00. The molecule has 1 aliphatic rings. The standard InChI is InChI=1S/C11H19N3S.ClH/c1-8-5-14(4-3-11(8)12)6-10-7-15-9(2)13-10;/h7-8,11H,3-6,12H2,1-2H3;1H. The number of piperidine rings is 1. The summed E-state index contributed by atoms with van der Waals surface area (Å²) >= 11 is 1.73. The fourth-order valence-corrected chi connectivity index (χ4v) is 2.71. The van der Waals surface area contributed by atoms with Gasteiger partial charge in [0, 0.05) is 31.1 Å². The lowest BCUT2D eigenvalue weighted by atomic mass is 9.95. The molecular weight excluding hydrogens is 242 g/mol. The smallest absolute Gasteiger partial charge is 0.0897 e. The first-order chi connectivity index (χ1) is 7.15. The van der Waals surface area contributed by atoms with Gasteiger partial charge in [0.25, 0.3) is 0 Å². The van der Waals surface area contributed by atoms with Crippen LogP contribution in [-0.4, -0.2) is 29.0 Å². The second-order valence-electron chi connectivity index (χ2n) is 4.52. The van der Waals surface area contributed by atoms with Crippen LogP contribution in [0.1, 0.15) is 24.0 Å². The minimum Gasteiger partial charge on any atom is -0.327 e. The van der Waals surface area contributed by atoms with E-state index in [2.05, 4.69) is 29.1 Å². The van der Waals surface area contributed by atoms with E-state index in [4.69, 9.17) is 5.73 Å². The summed E-state index contributed by atoms with van der Waals surface area (Å²) in [6.45, 7) is 7.51. The van der Waals surface area contributed by atoms with Crippen molar-refractivity contribution < 1.29 is 0 Å². The van der Waals surface area contributed by atoms with E-state index in [0.29, 0.717) is 12.0 Å². The van der Waals surface area contributed by atoms with Gasteiger partial charge in [-0.05, 0) is 19.3 Å². The zero-order valence-electron chi connectivity index (χ0n) is 9.85. The molecule has 1 saturated heterocycles. The first-order valence-electron chi connectivity index (χ1n) is 5.54. The summed E-state index contributed by atoms with van der Waals surface area (Å²) in [5.41, 5.74) is 7.21. The average Bonchev–Trinajstić information content (AvgIpc) is 2.58. The first kappa shape index (κ1) is 13.9. The largest absolute Gasteiger partial charge is 0.327 e. The van der Waals surface area contributed by atoms with Crippen LogP contribution >= 0.6 is 23.7 Å². The number of nitrogens with two attached hydrogens (primary N) is 1. The average molecular weight is 262 g/mol. The van der Waals surface area contributed by atoms with E-state index in [0.717, 1.165) is 31.1 Å². The van der Waals surface area contributed by atoms with Crippen LogP contribution in [0.5, 0.6) is 0 Å². The molecule has 0 spiro atoms. The molecule has 1 aromatic rings. The predicted molar refractivity (Wildman–Crippen MR) is 71.1 cm³/mol. The number of nitrogens with zero attached hydrogens (tertiary/aromatic N) is 2. The van der Waals surface area contributed by atoms with Gasteiger partial charge < -0.3 is 5.73 Å². The molecule has 0 aliphatic carbocycles. The second kappa shape index (κ2) is 5.96. The highest BCUT2D eigenvalue weighted by atomic mass is 35.5. The van der Waals surface area contributed by atoms with Gasteiger partial charge in [-0.2, -0.15) is 0 Å². The molecule has 2 N–H and O–H groups in total. The quantitative estimate of drug-likeness (QED) is 0.886. The van der Waals surface area contributed by atoms with Gasteiger partial charge in [-0.15, -0.1) is 23.7 Å². The van der Waals surface area contributed by atoms with Gasteiger partial charge in [-0.3, -0.25) is 4.90 Å². The summed E-state index contributed by atoms with van der Waals surface area (Å²) in [6, 6.07) is 0.387. The van der Waals surface area contributed by atoms with Crippen molar-refractivity contribution in [3.05, 3.63) is 16.1 Å². The lowest BCUT2D eigenvalue weighted by Gasteiger charge is -2.34. The van der Waals surface area contributed by atoms with Gasteiger partial charge in [0.1, 0.15) is 0 Å². The Morgan fingerprint density at radius 2 is 2.38 bits per heavy atom. The minimum absolute atomic E-state index is 0. The van der Waals surface area contributed by atoms with Crippen LogP contribution in [0, 0.1) is 12.8 Å². The van der Waals surface area contributed by atoms with Crippen molar-refractivity contribution in [1.82, 2.24) is 9.88 Å². The van der Waals surface area contributed by atoms with Crippen LogP contribution in [-0.2, 0) is 6.54 Å². The Hall–Kier alpha value is -0.160. The molecule has 2 unspecified atom stereocenters. The minimum atomic E-state index is 0. The molecule has 0 aromatic carbocycles. The lowest BCUT2D eigenvalue weighted by molar-refractivity contribution is 0.156. The van der Waals surface area contributed by atoms with Gasteiger partial charge in [0.15, 0.2) is 0 Å². The fraction of sp³-hybridized carbons (Fsp3) is 0.727. The Bertz CT molecular complexity index is 329. The molecule has 3 nitrogen and oxygen atoms in total. The van der Waals surface area contributed by atoms with Gasteiger partial charge >= 0.3 is 0 Å². The highest BCUT2D eigenvalue weighted by molar-refractivity contribution is 7.09. The molecule has 0 radical (unpaired) electrons. The molecule has 0 bridgehead atoms. The van der Waals surface area contributed by atoms with Crippen molar-refractivity contribution in [2.75, 3.05) is 13.1 Å². The van der Waals surface area contributed by atoms with E-state index in [-0.39, 0.29) is 12.4 Å². The van der Waals surface area contributed by atoms with Crippen molar-refractivity contribution in [2.24, 2.45) is 11.7 Å². The maximum absolute atomic E-state index is 6.00. The molecule has 0 saturated carbocycles. The molecule has 5 heteroatoms. The Kier molecular flexibility index (Phi) is 5.18. The molecule has 1 fully saturated rings. The summed E-state index contributed by atoms with van der Waals surface area (Å²) in [5, 5.41) is 3.32. The van der Waals surface area contributed by atoms with E-state index < -0.39 is 0 Å². The summed E-state index contributed by atoms with van der Waals surface area (Å²) in [4.78, 5) is 6.96. The molecule has 92 valence electrons. The number of thiazole rings is 1. The summed E-state index contributed by atoms with van der Waals surface area (Å²) in [6.07, 6.45) is 1.12. The zero-order valence-corrected chi connectivity index (χ0v) is 11.5. The Labute approximate surface area is 107 Å². The highest BCUT2D eigenvalue weighted by Crippen LogP contribution is 2.18. The van der Waals surface area contributed by atoms with Crippen LogP contribution in [0.3, 0.4) is 0 Å². The van der Waals surface area contributed by atoms with E-state index in [1.807, 2.05) is 0 Å². The lowest BCUT2D eigenvalue weighted by Crippen LogP contribution is -2.45. The van der Waals surface area contributed by atoms with Crippen molar-refractivity contribution >= 4 is 23.7 Å². The molecule has 1 aromatic heterocycles. The topological polar surface area (TPSA) is 42.2 Å². The molecule has 2 atom stereocenters. The Morgan fingerprint density at radius 3 is 2.94 bits per heavy atom. The number of halogens is 1. The summed E-state index contributed by atoms with van der Waals surface area (Å²) in [5.74, 6) is 0.610. The number of aryl methyl sites for hydroxylation is 1. The molecular formula is C11H20ClN3S. The monoisotopic (exact) mass is 261 g/mol. The van der Waals surface area contributed by atoms with Gasteiger partial charge in [-0.1, -0.05) is 6.92 Å². The van der Waals surface area contributed by atoms with Crippen LogP contribution in [0.4, 0.5) is 0 Å². The Morgan fingerprint density at radius 1 is 1.62 bits per heavy atom. The number of hydrogen-bond acceptors (Lipinski definition) is 4. The third-order valence-electron chi connectivity index (χ3n) is 3.11. The fourth-order valence-electron chi connectivity index (χ4n) is 2.10. The van der Waals surface area contributed by atoms with Gasteiger partial charge in [0.2, 0.25) is 0 Å². The van der Waals surface area contributed by atoms with Crippen molar-refractivity contribution in [2.45, 2.75) is 32.9 Å². The van der Waals surface area contributed by atoms with Crippen LogP contribution < -0.4 is 5.73 Å². The number of aromatic nitrogens is 1. The van der Waals surface area contributed by atoms with Crippen molar-refractivity contribution in [1.29, 1.82) is 0 Å². The third-order valence-corrected chi connectivity index (χ3v) is 3.93. The van der Waals surface area contributed by atoms with E-state index in [1.165, 1.54) is 5.69 Å². The maximum Gasteiger partial charge on any atom is 0.0897 e. The van der Waals surface area contributed by atoms with Gasteiger partial charge in [0.05, 0.1) is 10.7 Å². The van der Waals surface area contributed by atoms with Gasteiger partial charge in [-0.25, -0.2) is 4.98 Å². The second-order valence-corrected chi connectivity index (χ2v) is 5.59. The molecule has 1 aliphatic heterocycles. The van der Waals surface area contributed by atoms with Crippen LogP contribution in [0.2, 0.25) is 0 Å². The summed E-state index contributed by atoms with van der Waals surface area (Å²) in [7, 11) is 0. The van der Waals surface area contributed by atoms with Crippen molar-refractivity contribution in [3.8, 4) is 0 Å². The summed E-state index contributed by atoms with van der Waals surface area (Å²) < 4.78 is 0. The van der Waals surface area contributed by atoms with E-state index in [9.17, 15) is 0 Å². The number of rotatable bonds is 2. The SMILES string of the molecule is Cc1nc(CN2CCC(N)C(C)C2)cs1.Cl. The molecule has 2 rings (SSSR count). The van der Waals surface area contributed by atoms with Crippen LogP contribution in [0.15, 0.2) is 5.38 Å². The number of likely N-dealkylation sites (tertiary alicyclic amines) is 1. The molecule has 16 heavy (non-hydrogen) atoms. The normalized spacial score (nSPS) is 26.4.